The molecule has 4 nitrogen and oxygen atoms in total. The fraction of sp³-hybridized carbons (Fsp3) is 0.294. The summed E-state index contributed by atoms with van der Waals surface area (Å²) in [5.74, 6) is -0.474. The van der Waals surface area contributed by atoms with E-state index in [2.05, 4.69) is 4.74 Å². The predicted octanol–water partition coefficient (Wildman–Crippen LogP) is 3.77. The lowest BCUT2D eigenvalue weighted by Crippen LogP contribution is -2.18. The van der Waals surface area contributed by atoms with E-state index in [1.807, 2.05) is 0 Å². The second-order valence-electron chi connectivity index (χ2n) is 4.87. The molecule has 0 saturated carbocycles. The van der Waals surface area contributed by atoms with Crippen LogP contribution in [0.25, 0.3) is 11.1 Å². The van der Waals surface area contributed by atoms with Gasteiger partial charge in [-0.15, -0.1) is 13.2 Å². The molecular weight excluding hydrogens is 325 g/mol. The standard InChI is InChI=1S/C17H17F3O4/c1-22-8-9-23-16-10-12(6-7-15(16)24-17(18,19)20)14-5-3-2-4-13(14)11-21/h2-7,10,21H,8-9,11H2,1H3. The number of ether oxygens (including phenoxy) is 3. The number of alkyl halides is 3. The fourth-order valence-electron chi connectivity index (χ4n) is 2.17. The van der Waals surface area contributed by atoms with Gasteiger partial charge in [0.1, 0.15) is 6.61 Å². The Morgan fingerprint density at radius 1 is 1.00 bits per heavy atom. The summed E-state index contributed by atoms with van der Waals surface area (Å²) < 4.78 is 51.7. The summed E-state index contributed by atoms with van der Waals surface area (Å²) >= 11 is 0. The molecule has 0 spiro atoms. The Balaban J connectivity index is 2.38. The number of methoxy groups -OCH3 is 1. The second kappa shape index (κ2) is 8.03. The number of aliphatic hydroxyl groups is 1. The van der Waals surface area contributed by atoms with Gasteiger partial charge in [-0.1, -0.05) is 30.3 Å². The van der Waals surface area contributed by atoms with Crippen LogP contribution in [-0.4, -0.2) is 31.8 Å². The first-order valence-corrected chi connectivity index (χ1v) is 7.15. The zero-order chi connectivity index (χ0) is 17.6. The molecule has 2 rings (SSSR count). The van der Waals surface area contributed by atoms with Crippen molar-refractivity contribution in [1.29, 1.82) is 0 Å². The molecule has 0 amide bonds. The summed E-state index contributed by atoms with van der Waals surface area (Å²) in [5.41, 5.74) is 1.97. The maximum Gasteiger partial charge on any atom is 0.573 e. The third-order valence-electron chi connectivity index (χ3n) is 3.21. The molecule has 1 N–H and O–H groups in total. The molecule has 24 heavy (non-hydrogen) atoms. The van der Waals surface area contributed by atoms with Crippen LogP contribution in [0.15, 0.2) is 42.5 Å². The zero-order valence-corrected chi connectivity index (χ0v) is 13.0. The van der Waals surface area contributed by atoms with E-state index in [1.165, 1.54) is 25.3 Å². The number of hydrogen-bond acceptors (Lipinski definition) is 4. The average molecular weight is 342 g/mol. The van der Waals surface area contributed by atoms with Gasteiger partial charge in [-0.05, 0) is 28.8 Å². The highest BCUT2D eigenvalue weighted by atomic mass is 19.4. The Hall–Kier alpha value is -2.25. The summed E-state index contributed by atoms with van der Waals surface area (Å²) in [4.78, 5) is 0. The third kappa shape index (κ3) is 4.87. The minimum absolute atomic E-state index is 0.0467. The lowest BCUT2D eigenvalue weighted by Gasteiger charge is -2.16. The van der Waals surface area contributed by atoms with Gasteiger partial charge in [0.15, 0.2) is 11.5 Å². The van der Waals surface area contributed by atoms with Gasteiger partial charge in [0.2, 0.25) is 0 Å². The fourth-order valence-corrected chi connectivity index (χ4v) is 2.17. The molecule has 0 atom stereocenters. The van der Waals surface area contributed by atoms with Crippen LogP contribution in [-0.2, 0) is 11.3 Å². The number of benzene rings is 2. The van der Waals surface area contributed by atoms with E-state index >= 15 is 0 Å². The van der Waals surface area contributed by atoms with E-state index in [0.29, 0.717) is 16.7 Å². The number of aliphatic hydroxyl groups excluding tert-OH is 1. The number of halogens is 3. The van der Waals surface area contributed by atoms with Crippen LogP contribution in [0.3, 0.4) is 0 Å². The Morgan fingerprint density at radius 3 is 2.42 bits per heavy atom. The van der Waals surface area contributed by atoms with Crippen LogP contribution in [0.2, 0.25) is 0 Å². The van der Waals surface area contributed by atoms with E-state index in [1.54, 1.807) is 24.3 Å². The summed E-state index contributed by atoms with van der Waals surface area (Å²) in [7, 11) is 1.46. The Morgan fingerprint density at radius 2 is 1.75 bits per heavy atom. The van der Waals surface area contributed by atoms with E-state index in [9.17, 15) is 18.3 Å². The highest BCUT2D eigenvalue weighted by Gasteiger charge is 2.32. The zero-order valence-electron chi connectivity index (χ0n) is 13.0. The number of hydrogen-bond donors (Lipinski definition) is 1. The van der Waals surface area contributed by atoms with Crippen molar-refractivity contribution in [3.05, 3.63) is 48.0 Å². The first-order valence-electron chi connectivity index (χ1n) is 7.15. The van der Waals surface area contributed by atoms with Crippen molar-refractivity contribution < 1.29 is 32.5 Å². The molecule has 0 fully saturated rings. The molecule has 0 unspecified atom stereocenters. The van der Waals surface area contributed by atoms with E-state index in [4.69, 9.17) is 9.47 Å². The first kappa shape index (κ1) is 18.1. The molecule has 0 aliphatic heterocycles. The van der Waals surface area contributed by atoms with Crippen molar-refractivity contribution in [3.8, 4) is 22.6 Å². The lowest BCUT2D eigenvalue weighted by atomic mass is 10.00. The first-order chi connectivity index (χ1) is 11.4. The smallest absolute Gasteiger partial charge is 0.487 e. The SMILES string of the molecule is COCCOc1cc(-c2ccccc2CO)ccc1OC(F)(F)F. The molecule has 130 valence electrons. The Kier molecular flexibility index (Phi) is 6.05. The normalized spacial score (nSPS) is 11.4. The Bertz CT molecular complexity index is 671. The molecule has 0 radical (unpaired) electrons. The highest BCUT2D eigenvalue weighted by molar-refractivity contribution is 5.70. The molecule has 0 bridgehead atoms. The van der Waals surface area contributed by atoms with Gasteiger partial charge in [0, 0.05) is 7.11 Å². The van der Waals surface area contributed by atoms with Crippen molar-refractivity contribution in [2.24, 2.45) is 0 Å². The predicted molar refractivity (Wildman–Crippen MR) is 81.9 cm³/mol. The van der Waals surface area contributed by atoms with Gasteiger partial charge in [-0.2, -0.15) is 0 Å². The molecule has 0 aliphatic rings. The summed E-state index contributed by atoms with van der Waals surface area (Å²) in [6, 6.07) is 11.2. The van der Waals surface area contributed by atoms with Crippen LogP contribution in [0.4, 0.5) is 13.2 Å². The average Bonchev–Trinajstić information content (AvgIpc) is 2.55. The summed E-state index contributed by atoms with van der Waals surface area (Å²) in [5, 5.41) is 9.41. The molecule has 7 heteroatoms. The molecule has 0 aromatic heterocycles. The van der Waals surface area contributed by atoms with Crippen molar-refractivity contribution in [3.63, 3.8) is 0 Å². The Labute approximate surface area is 137 Å². The maximum atomic E-state index is 12.5. The van der Waals surface area contributed by atoms with E-state index < -0.39 is 12.1 Å². The van der Waals surface area contributed by atoms with E-state index in [-0.39, 0.29) is 25.6 Å². The van der Waals surface area contributed by atoms with Crippen LogP contribution in [0.1, 0.15) is 5.56 Å². The second-order valence-corrected chi connectivity index (χ2v) is 4.87. The minimum Gasteiger partial charge on any atom is -0.487 e. The summed E-state index contributed by atoms with van der Waals surface area (Å²) in [6.07, 6.45) is -4.82. The highest BCUT2D eigenvalue weighted by Crippen LogP contribution is 2.36. The molecule has 2 aromatic rings. The van der Waals surface area contributed by atoms with Gasteiger partial charge in [0.05, 0.1) is 13.2 Å². The largest absolute Gasteiger partial charge is 0.573 e. The van der Waals surface area contributed by atoms with Gasteiger partial charge in [0.25, 0.3) is 0 Å². The minimum atomic E-state index is -4.82. The molecule has 2 aromatic carbocycles. The third-order valence-corrected chi connectivity index (χ3v) is 3.21. The number of rotatable bonds is 7. The van der Waals surface area contributed by atoms with Crippen molar-refractivity contribution in [2.45, 2.75) is 13.0 Å². The monoisotopic (exact) mass is 342 g/mol. The van der Waals surface area contributed by atoms with Crippen molar-refractivity contribution in [1.82, 2.24) is 0 Å². The van der Waals surface area contributed by atoms with Crippen LogP contribution in [0, 0.1) is 0 Å². The van der Waals surface area contributed by atoms with E-state index in [0.717, 1.165) is 0 Å². The quantitative estimate of drug-likeness (QED) is 0.778. The van der Waals surface area contributed by atoms with Crippen molar-refractivity contribution in [2.75, 3.05) is 20.3 Å². The molecular formula is C17H17F3O4. The molecule has 0 saturated heterocycles. The van der Waals surface area contributed by atoms with Crippen LogP contribution < -0.4 is 9.47 Å². The van der Waals surface area contributed by atoms with Gasteiger partial charge in [-0.25, -0.2) is 0 Å². The van der Waals surface area contributed by atoms with Gasteiger partial charge < -0.3 is 19.3 Å². The molecule has 0 aliphatic carbocycles. The molecule has 0 heterocycles. The van der Waals surface area contributed by atoms with Crippen LogP contribution >= 0.6 is 0 Å². The maximum absolute atomic E-state index is 12.5. The van der Waals surface area contributed by atoms with Gasteiger partial charge in [-0.3, -0.25) is 0 Å². The van der Waals surface area contributed by atoms with Crippen LogP contribution in [0.5, 0.6) is 11.5 Å². The summed E-state index contributed by atoms with van der Waals surface area (Å²) in [6.45, 7) is 0.121. The van der Waals surface area contributed by atoms with Crippen molar-refractivity contribution >= 4 is 0 Å². The topological polar surface area (TPSA) is 47.9 Å². The van der Waals surface area contributed by atoms with Gasteiger partial charge >= 0.3 is 6.36 Å². The lowest BCUT2D eigenvalue weighted by molar-refractivity contribution is -0.275.